The zero-order valence-electron chi connectivity index (χ0n) is 10.5. The normalized spacial score (nSPS) is 14.1. The van der Waals surface area contributed by atoms with Gasteiger partial charge in [-0.25, -0.2) is 0 Å². The number of hydrogen-bond acceptors (Lipinski definition) is 2. The molecule has 0 saturated carbocycles. The summed E-state index contributed by atoms with van der Waals surface area (Å²) >= 11 is 0. The standard InChI is InChI=1S/C16H10N2O2/c19-15-12-7-3-5-11-6-4-8-13(14(11)12)16(20)18(15)17-9-1-2-10-17/h1-10H. The summed E-state index contributed by atoms with van der Waals surface area (Å²) < 4.78 is 1.51. The SMILES string of the molecule is O=C1c2cccc3cccc(c23)C(=O)N1n1cccc1. The van der Waals surface area contributed by atoms with Gasteiger partial charge in [-0.15, -0.1) is 0 Å². The van der Waals surface area contributed by atoms with Crippen molar-refractivity contribution in [2.45, 2.75) is 0 Å². The fraction of sp³-hybridized carbons (Fsp3) is 0. The summed E-state index contributed by atoms with van der Waals surface area (Å²) in [5.74, 6) is -0.592. The van der Waals surface area contributed by atoms with Crippen LogP contribution < -0.4 is 5.01 Å². The van der Waals surface area contributed by atoms with Crippen LogP contribution in [0, 0.1) is 0 Å². The first-order valence-corrected chi connectivity index (χ1v) is 6.31. The number of benzene rings is 2. The number of carbonyl (C=O) groups excluding carboxylic acids is 2. The largest absolute Gasteiger partial charge is 0.280 e. The molecule has 2 heterocycles. The molecule has 0 spiro atoms. The Morgan fingerprint density at radius 3 is 1.80 bits per heavy atom. The van der Waals surface area contributed by atoms with Crippen molar-refractivity contribution < 1.29 is 9.59 Å². The molecule has 0 radical (unpaired) electrons. The molecule has 3 aromatic rings. The molecule has 4 heteroatoms. The maximum Gasteiger partial charge on any atom is 0.280 e. The van der Waals surface area contributed by atoms with Gasteiger partial charge in [0.1, 0.15) is 0 Å². The molecule has 0 bridgehead atoms. The van der Waals surface area contributed by atoms with Crippen molar-refractivity contribution in [3.05, 3.63) is 72.1 Å². The second-order valence-corrected chi connectivity index (χ2v) is 4.69. The van der Waals surface area contributed by atoms with Crippen LogP contribution >= 0.6 is 0 Å². The topological polar surface area (TPSA) is 42.3 Å². The van der Waals surface area contributed by atoms with Gasteiger partial charge in [0.2, 0.25) is 0 Å². The Bertz CT molecular complexity index is 799. The van der Waals surface area contributed by atoms with E-state index in [2.05, 4.69) is 0 Å². The Morgan fingerprint density at radius 1 is 0.700 bits per heavy atom. The van der Waals surface area contributed by atoms with E-state index >= 15 is 0 Å². The van der Waals surface area contributed by atoms with Crippen molar-refractivity contribution in [1.82, 2.24) is 4.68 Å². The van der Waals surface area contributed by atoms with Crippen molar-refractivity contribution in [2.75, 3.05) is 5.01 Å². The highest BCUT2D eigenvalue weighted by molar-refractivity contribution is 6.32. The average molecular weight is 262 g/mol. The van der Waals surface area contributed by atoms with E-state index in [-0.39, 0.29) is 11.8 Å². The first-order valence-electron chi connectivity index (χ1n) is 6.31. The predicted octanol–water partition coefficient (Wildman–Crippen LogP) is 2.57. The summed E-state index contributed by atoms with van der Waals surface area (Å²) in [6.07, 6.45) is 3.37. The molecular weight excluding hydrogens is 252 g/mol. The number of nitrogens with zero attached hydrogens (tertiary/aromatic N) is 2. The van der Waals surface area contributed by atoms with Crippen molar-refractivity contribution in [3.8, 4) is 0 Å². The van der Waals surface area contributed by atoms with E-state index in [4.69, 9.17) is 0 Å². The molecule has 2 aromatic carbocycles. The summed E-state index contributed by atoms with van der Waals surface area (Å²) in [5, 5.41) is 2.82. The predicted molar refractivity (Wildman–Crippen MR) is 75.3 cm³/mol. The molecule has 1 aromatic heterocycles. The van der Waals surface area contributed by atoms with Gasteiger partial charge >= 0.3 is 0 Å². The smallest absolute Gasteiger partial charge is 0.267 e. The first-order chi connectivity index (χ1) is 9.77. The Morgan fingerprint density at radius 2 is 1.25 bits per heavy atom. The minimum Gasteiger partial charge on any atom is -0.267 e. The third-order valence-corrected chi connectivity index (χ3v) is 3.57. The Hall–Kier alpha value is -2.88. The van der Waals surface area contributed by atoms with E-state index in [0.29, 0.717) is 11.1 Å². The van der Waals surface area contributed by atoms with Gasteiger partial charge in [0.05, 0.1) is 11.1 Å². The molecule has 2 amide bonds. The van der Waals surface area contributed by atoms with Crippen LogP contribution in [0.5, 0.6) is 0 Å². The number of carbonyl (C=O) groups is 2. The molecule has 0 saturated heterocycles. The van der Waals surface area contributed by atoms with E-state index in [9.17, 15) is 9.59 Å². The highest BCUT2D eigenvalue weighted by Gasteiger charge is 2.33. The van der Waals surface area contributed by atoms with E-state index in [0.717, 1.165) is 15.8 Å². The third-order valence-electron chi connectivity index (χ3n) is 3.57. The molecule has 0 aliphatic carbocycles. The molecule has 0 N–H and O–H groups in total. The van der Waals surface area contributed by atoms with Gasteiger partial charge < -0.3 is 0 Å². The summed E-state index contributed by atoms with van der Waals surface area (Å²) in [5.41, 5.74) is 1.12. The maximum atomic E-state index is 12.6. The van der Waals surface area contributed by atoms with Crippen LogP contribution in [0.2, 0.25) is 0 Å². The van der Waals surface area contributed by atoms with Gasteiger partial charge in [0, 0.05) is 17.8 Å². The lowest BCUT2D eigenvalue weighted by atomic mass is 9.95. The van der Waals surface area contributed by atoms with Crippen LogP contribution in [0.25, 0.3) is 10.8 Å². The van der Waals surface area contributed by atoms with Crippen molar-refractivity contribution in [1.29, 1.82) is 0 Å². The Labute approximate surface area is 114 Å². The van der Waals surface area contributed by atoms with E-state index in [1.807, 2.05) is 24.3 Å². The zero-order chi connectivity index (χ0) is 13.7. The lowest BCUT2D eigenvalue weighted by molar-refractivity contribution is 0.0852. The number of hydrogen-bond donors (Lipinski definition) is 0. The molecule has 20 heavy (non-hydrogen) atoms. The Balaban J connectivity index is 2.05. The quantitative estimate of drug-likeness (QED) is 0.632. The second kappa shape index (κ2) is 3.81. The molecule has 0 atom stereocenters. The fourth-order valence-electron chi connectivity index (χ4n) is 2.69. The van der Waals surface area contributed by atoms with Crippen LogP contribution in [-0.2, 0) is 0 Å². The number of amides is 2. The summed E-state index contributed by atoms with van der Waals surface area (Å²) in [6.45, 7) is 0. The molecule has 1 aliphatic heterocycles. The lowest BCUT2D eigenvalue weighted by Crippen LogP contribution is -2.47. The monoisotopic (exact) mass is 262 g/mol. The fourth-order valence-corrected chi connectivity index (χ4v) is 2.69. The summed E-state index contributed by atoms with van der Waals surface area (Å²) in [4.78, 5) is 25.2. The molecule has 4 rings (SSSR count). The van der Waals surface area contributed by atoms with Gasteiger partial charge in [0.25, 0.3) is 11.8 Å². The first kappa shape index (κ1) is 11.0. The van der Waals surface area contributed by atoms with Gasteiger partial charge in [-0.2, -0.15) is 5.01 Å². The molecular formula is C16H10N2O2. The van der Waals surface area contributed by atoms with Crippen LogP contribution in [0.3, 0.4) is 0 Å². The highest BCUT2D eigenvalue weighted by Crippen LogP contribution is 2.29. The van der Waals surface area contributed by atoms with Gasteiger partial charge in [-0.05, 0) is 29.7 Å². The van der Waals surface area contributed by atoms with Crippen LogP contribution in [-0.4, -0.2) is 16.5 Å². The van der Waals surface area contributed by atoms with E-state index in [1.165, 1.54) is 4.68 Å². The number of aromatic nitrogens is 1. The minimum absolute atomic E-state index is 0.296. The second-order valence-electron chi connectivity index (χ2n) is 4.69. The van der Waals surface area contributed by atoms with Crippen LogP contribution in [0.1, 0.15) is 20.7 Å². The molecule has 0 unspecified atom stereocenters. The third kappa shape index (κ3) is 1.30. The maximum absolute atomic E-state index is 12.6. The average Bonchev–Trinajstić information content (AvgIpc) is 2.99. The van der Waals surface area contributed by atoms with E-state index < -0.39 is 0 Å². The lowest BCUT2D eigenvalue weighted by Gasteiger charge is -2.27. The van der Waals surface area contributed by atoms with Gasteiger partial charge in [0.15, 0.2) is 0 Å². The van der Waals surface area contributed by atoms with Crippen molar-refractivity contribution in [2.24, 2.45) is 0 Å². The molecule has 4 nitrogen and oxygen atoms in total. The molecule has 1 aliphatic rings. The molecule has 96 valence electrons. The highest BCUT2D eigenvalue weighted by atomic mass is 16.2. The zero-order valence-corrected chi connectivity index (χ0v) is 10.5. The summed E-state index contributed by atoms with van der Waals surface area (Å²) in [7, 11) is 0. The number of rotatable bonds is 1. The van der Waals surface area contributed by atoms with Crippen LogP contribution in [0.4, 0.5) is 0 Å². The van der Waals surface area contributed by atoms with Crippen molar-refractivity contribution >= 4 is 22.6 Å². The number of imide groups is 1. The van der Waals surface area contributed by atoms with Crippen molar-refractivity contribution in [3.63, 3.8) is 0 Å². The summed E-state index contributed by atoms with van der Waals surface area (Å²) in [6, 6.07) is 14.6. The van der Waals surface area contributed by atoms with Gasteiger partial charge in [-0.1, -0.05) is 24.3 Å². The Kier molecular flexibility index (Phi) is 2.09. The van der Waals surface area contributed by atoms with Crippen LogP contribution in [0.15, 0.2) is 60.9 Å². The minimum atomic E-state index is -0.296. The molecule has 0 fully saturated rings. The van der Waals surface area contributed by atoms with Gasteiger partial charge in [-0.3, -0.25) is 14.3 Å². The van der Waals surface area contributed by atoms with E-state index in [1.54, 1.807) is 36.7 Å².